The van der Waals surface area contributed by atoms with E-state index in [2.05, 4.69) is 18.4 Å². The Hall–Kier alpha value is -0.830. The summed E-state index contributed by atoms with van der Waals surface area (Å²) in [5.41, 5.74) is 1.25. The maximum absolute atomic E-state index is 11.3. The molecule has 0 unspecified atom stereocenters. The average Bonchev–Trinajstić information content (AvgIpc) is 2.77. The van der Waals surface area contributed by atoms with Gasteiger partial charge in [-0.2, -0.15) is 11.3 Å². The van der Waals surface area contributed by atoms with Crippen LogP contribution in [0, 0.1) is 0 Å². The molecule has 16 heavy (non-hydrogen) atoms. The van der Waals surface area contributed by atoms with Gasteiger partial charge < -0.3 is 4.74 Å². The number of carbonyl (C=O) groups is 1. The normalized spacial score (nSPS) is 10.3. The minimum Gasteiger partial charge on any atom is -0.465 e. The molecule has 1 aromatic rings. The van der Waals surface area contributed by atoms with E-state index in [1.165, 1.54) is 18.4 Å². The quantitative estimate of drug-likeness (QED) is 0.510. The van der Waals surface area contributed by atoms with Crippen molar-refractivity contribution in [3.63, 3.8) is 0 Å². The van der Waals surface area contributed by atoms with Crippen LogP contribution in [0.15, 0.2) is 16.8 Å². The summed E-state index contributed by atoms with van der Waals surface area (Å²) in [5, 5.41) is 4.14. The number of esters is 1. The monoisotopic (exact) mass is 240 g/mol. The van der Waals surface area contributed by atoms with Crippen LogP contribution in [-0.4, -0.2) is 12.6 Å². The molecule has 0 aliphatic carbocycles. The predicted octanol–water partition coefficient (Wildman–Crippen LogP) is 3.80. The fraction of sp³-hybridized carbons (Fsp3) is 0.615. The van der Waals surface area contributed by atoms with Crippen LogP contribution < -0.4 is 0 Å². The smallest absolute Gasteiger partial charge is 0.305 e. The highest BCUT2D eigenvalue weighted by Crippen LogP contribution is 2.07. The van der Waals surface area contributed by atoms with Gasteiger partial charge in [0.1, 0.15) is 0 Å². The van der Waals surface area contributed by atoms with Crippen molar-refractivity contribution in [2.24, 2.45) is 0 Å². The Morgan fingerprint density at radius 1 is 1.38 bits per heavy atom. The van der Waals surface area contributed by atoms with Gasteiger partial charge in [0.2, 0.25) is 0 Å². The second kappa shape index (κ2) is 8.34. The van der Waals surface area contributed by atoms with E-state index in [0.717, 1.165) is 19.3 Å². The third kappa shape index (κ3) is 5.91. The maximum atomic E-state index is 11.3. The van der Waals surface area contributed by atoms with Crippen LogP contribution >= 0.6 is 11.3 Å². The second-order valence-electron chi connectivity index (χ2n) is 3.91. The zero-order valence-corrected chi connectivity index (χ0v) is 10.7. The first-order valence-electron chi connectivity index (χ1n) is 5.99. The standard InChI is InChI=1S/C13H20O2S/c1-2-3-4-5-6-13(14)15-9-7-12-8-10-16-11-12/h8,10-11H,2-7,9H2,1H3. The zero-order valence-electron chi connectivity index (χ0n) is 9.91. The Balaban J connectivity index is 1.98. The lowest BCUT2D eigenvalue weighted by Gasteiger charge is -2.03. The molecule has 0 aliphatic heterocycles. The van der Waals surface area contributed by atoms with Gasteiger partial charge >= 0.3 is 5.97 Å². The number of thiophene rings is 1. The van der Waals surface area contributed by atoms with E-state index in [-0.39, 0.29) is 5.97 Å². The fourth-order valence-electron chi connectivity index (χ4n) is 1.49. The highest BCUT2D eigenvalue weighted by atomic mass is 32.1. The Labute approximate surface area is 102 Å². The average molecular weight is 240 g/mol. The Kier molecular flexibility index (Phi) is 6.90. The van der Waals surface area contributed by atoms with Gasteiger partial charge in [0, 0.05) is 12.8 Å². The van der Waals surface area contributed by atoms with Crippen LogP contribution in [0.1, 0.15) is 44.6 Å². The van der Waals surface area contributed by atoms with E-state index in [1.54, 1.807) is 11.3 Å². The summed E-state index contributed by atoms with van der Waals surface area (Å²) in [6.45, 7) is 2.68. The number of rotatable bonds is 8. The van der Waals surface area contributed by atoms with Crippen molar-refractivity contribution in [3.05, 3.63) is 22.4 Å². The molecule has 0 spiro atoms. The van der Waals surface area contributed by atoms with Gasteiger partial charge in [0.25, 0.3) is 0 Å². The molecular weight excluding hydrogens is 220 g/mol. The Morgan fingerprint density at radius 2 is 2.25 bits per heavy atom. The van der Waals surface area contributed by atoms with E-state index < -0.39 is 0 Å². The first-order valence-corrected chi connectivity index (χ1v) is 6.94. The van der Waals surface area contributed by atoms with Crippen LogP contribution in [-0.2, 0) is 16.0 Å². The topological polar surface area (TPSA) is 26.3 Å². The molecule has 1 rings (SSSR count). The van der Waals surface area contributed by atoms with Crippen LogP contribution in [0.3, 0.4) is 0 Å². The van der Waals surface area contributed by atoms with Crippen LogP contribution in [0.4, 0.5) is 0 Å². The molecule has 1 aromatic heterocycles. The van der Waals surface area contributed by atoms with Crippen molar-refractivity contribution in [1.29, 1.82) is 0 Å². The van der Waals surface area contributed by atoms with Gasteiger partial charge in [0.05, 0.1) is 6.61 Å². The Bertz CT molecular complexity index is 280. The highest BCUT2D eigenvalue weighted by Gasteiger charge is 2.02. The van der Waals surface area contributed by atoms with E-state index in [9.17, 15) is 4.79 Å². The van der Waals surface area contributed by atoms with Gasteiger partial charge in [-0.15, -0.1) is 0 Å². The van der Waals surface area contributed by atoms with Gasteiger partial charge in [0.15, 0.2) is 0 Å². The number of hydrogen-bond donors (Lipinski definition) is 0. The third-order valence-electron chi connectivity index (χ3n) is 2.47. The molecule has 3 heteroatoms. The minimum atomic E-state index is -0.0497. The van der Waals surface area contributed by atoms with Crippen molar-refractivity contribution in [1.82, 2.24) is 0 Å². The lowest BCUT2D eigenvalue weighted by molar-refractivity contribution is -0.143. The van der Waals surface area contributed by atoms with E-state index in [0.29, 0.717) is 13.0 Å². The van der Waals surface area contributed by atoms with Gasteiger partial charge in [-0.3, -0.25) is 4.79 Å². The molecule has 0 amide bonds. The molecule has 0 aliphatic rings. The summed E-state index contributed by atoms with van der Waals surface area (Å²) in [6.07, 6.45) is 5.92. The van der Waals surface area contributed by atoms with Gasteiger partial charge in [-0.05, 0) is 28.8 Å². The molecule has 2 nitrogen and oxygen atoms in total. The SMILES string of the molecule is CCCCCCC(=O)OCCc1ccsc1. The second-order valence-corrected chi connectivity index (χ2v) is 4.69. The first kappa shape index (κ1) is 13.2. The molecule has 1 heterocycles. The summed E-state index contributed by atoms with van der Waals surface area (Å²) in [5.74, 6) is -0.0497. The van der Waals surface area contributed by atoms with E-state index >= 15 is 0 Å². The molecule has 0 bridgehead atoms. The van der Waals surface area contributed by atoms with Crippen molar-refractivity contribution < 1.29 is 9.53 Å². The molecule has 0 atom stereocenters. The number of carbonyl (C=O) groups excluding carboxylic acids is 1. The molecule has 0 saturated heterocycles. The highest BCUT2D eigenvalue weighted by molar-refractivity contribution is 7.07. The zero-order chi connectivity index (χ0) is 11.6. The first-order chi connectivity index (χ1) is 7.83. The van der Waals surface area contributed by atoms with Gasteiger partial charge in [-0.25, -0.2) is 0 Å². The van der Waals surface area contributed by atoms with E-state index in [1.807, 2.05) is 5.38 Å². The van der Waals surface area contributed by atoms with Crippen molar-refractivity contribution in [2.75, 3.05) is 6.61 Å². The van der Waals surface area contributed by atoms with Crippen LogP contribution in [0.2, 0.25) is 0 Å². The number of ether oxygens (including phenoxy) is 1. The molecule has 0 aromatic carbocycles. The minimum absolute atomic E-state index is 0.0497. The van der Waals surface area contributed by atoms with Crippen molar-refractivity contribution in [3.8, 4) is 0 Å². The van der Waals surface area contributed by atoms with E-state index in [4.69, 9.17) is 4.74 Å². The largest absolute Gasteiger partial charge is 0.465 e. The molecular formula is C13H20O2S. The van der Waals surface area contributed by atoms with Gasteiger partial charge in [-0.1, -0.05) is 26.2 Å². The lowest BCUT2D eigenvalue weighted by Crippen LogP contribution is -2.07. The summed E-state index contributed by atoms with van der Waals surface area (Å²) in [7, 11) is 0. The Morgan fingerprint density at radius 3 is 2.94 bits per heavy atom. The number of hydrogen-bond acceptors (Lipinski definition) is 3. The summed E-state index contributed by atoms with van der Waals surface area (Å²) < 4.78 is 5.16. The fourth-order valence-corrected chi connectivity index (χ4v) is 2.19. The molecule has 0 saturated carbocycles. The molecule has 0 radical (unpaired) electrons. The summed E-state index contributed by atoms with van der Waals surface area (Å²) >= 11 is 1.68. The van der Waals surface area contributed by atoms with Crippen molar-refractivity contribution in [2.45, 2.75) is 45.4 Å². The summed E-state index contributed by atoms with van der Waals surface area (Å²) in [6, 6.07) is 2.07. The predicted molar refractivity (Wildman–Crippen MR) is 67.7 cm³/mol. The van der Waals surface area contributed by atoms with Crippen molar-refractivity contribution >= 4 is 17.3 Å². The van der Waals surface area contributed by atoms with Crippen LogP contribution in [0.25, 0.3) is 0 Å². The third-order valence-corrected chi connectivity index (χ3v) is 3.20. The lowest BCUT2D eigenvalue weighted by atomic mass is 10.1. The number of unbranched alkanes of at least 4 members (excludes halogenated alkanes) is 3. The maximum Gasteiger partial charge on any atom is 0.305 e. The molecule has 0 fully saturated rings. The molecule has 90 valence electrons. The van der Waals surface area contributed by atoms with Crippen LogP contribution in [0.5, 0.6) is 0 Å². The summed E-state index contributed by atoms with van der Waals surface area (Å²) in [4.78, 5) is 11.3. The molecule has 0 N–H and O–H groups in total.